The van der Waals surface area contributed by atoms with Gasteiger partial charge >= 0.3 is 7.12 Å². The van der Waals surface area contributed by atoms with Gasteiger partial charge in [0.15, 0.2) is 0 Å². The molecular weight excluding hydrogens is 295 g/mol. The summed E-state index contributed by atoms with van der Waals surface area (Å²) in [5.74, 6) is 0.594. The van der Waals surface area contributed by atoms with Crippen LogP contribution in [0, 0.1) is 0 Å². The second kappa shape index (κ2) is 5.07. The molecule has 2 aromatic rings. The third-order valence-corrected chi connectivity index (χ3v) is 4.78. The van der Waals surface area contributed by atoms with E-state index in [-0.39, 0.29) is 5.56 Å². The van der Waals surface area contributed by atoms with Gasteiger partial charge in [0.05, 0.1) is 35.5 Å². The van der Waals surface area contributed by atoms with Crippen molar-refractivity contribution in [3.63, 3.8) is 0 Å². The molecule has 1 aromatic carbocycles. The lowest BCUT2D eigenvalue weighted by Crippen LogP contribution is -2.41. The molecular formula is C16H21BN2O4. The van der Waals surface area contributed by atoms with Crippen molar-refractivity contribution in [2.45, 2.75) is 38.9 Å². The molecule has 7 heteroatoms. The van der Waals surface area contributed by atoms with E-state index in [2.05, 4.69) is 4.98 Å². The average molecular weight is 316 g/mol. The van der Waals surface area contributed by atoms with Crippen molar-refractivity contribution in [1.82, 2.24) is 9.55 Å². The monoisotopic (exact) mass is 316 g/mol. The molecule has 6 nitrogen and oxygen atoms in total. The van der Waals surface area contributed by atoms with Crippen LogP contribution in [0.2, 0.25) is 0 Å². The first kappa shape index (κ1) is 16.0. The fraction of sp³-hybridized carbons (Fsp3) is 0.500. The first-order valence-corrected chi connectivity index (χ1v) is 7.55. The predicted molar refractivity (Wildman–Crippen MR) is 89.3 cm³/mol. The van der Waals surface area contributed by atoms with Gasteiger partial charge in [-0.2, -0.15) is 0 Å². The van der Waals surface area contributed by atoms with Gasteiger partial charge in [0, 0.05) is 18.6 Å². The molecule has 1 aliphatic heterocycles. The molecule has 0 bridgehead atoms. The Morgan fingerprint density at radius 1 is 1.17 bits per heavy atom. The van der Waals surface area contributed by atoms with Crippen LogP contribution in [0.3, 0.4) is 0 Å². The molecule has 0 N–H and O–H groups in total. The second-order valence-corrected chi connectivity index (χ2v) is 6.86. The first-order chi connectivity index (χ1) is 10.7. The zero-order valence-corrected chi connectivity index (χ0v) is 14.3. The van der Waals surface area contributed by atoms with Gasteiger partial charge in [-0.3, -0.25) is 4.79 Å². The minimum Gasteiger partial charge on any atom is -0.497 e. The molecule has 122 valence electrons. The number of methoxy groups -OCH3 is 1. The minimum atomic E-state index is -0.593. The minimum absolute atomic E-state index is 0.115. The van der Waals surface area contributed by atoms with E-state index in [0.717, 1.165) is 0 Å². The average Bonchev–Trinajstić information content (AvgIpc) is 2.70. The van der Waals surface area contributed by atoms with Gasteiger partial charge in [0.25, 0.3) is 5.56 Å². The number of aryl methyl sites for hydroxylation is 1. The largest absolute Gasteiger partial charge is 0.498 e. The zero-order chi connectivity index (χ0) is 17.0. The number of aromatic nitrogens is 2. The molecule has 1 aromatic heterocycles. The molecule has 0 amide bonds. The van der Waals surface area contributed by atoms with Crippen LogP contribution in [0.4, 0.5) is 0 Å². The van der Waals surface area contributed by atoms with Gasteiger partial charge in [-0.05, 0) is 33.8 Å². The molecule has 1 fully saturated rings. The maximum atomic E-state index is 12.4. The number of hydrogen-bond acceptors (Lipinski definition) is 5. The quantitative estimate of drug-likeness (QED) is 0.780. The third kappa shape index (κ3) is 2.44. The topological polar surface area (TPSA) is 62.6 Å². The van der Waals surface area contributed by atoms with E-state index in [0.29, 0.717) is 22.1 Å². The van der Waals surface area contributed by atoms with Crippen molar-refractivity contribution in [3.8, 4) is 5.75 Å². The maximum Gasteiger partial charge on any atom is 0.498 e. The number of ether oxygens (including phenoxy) is 1. The van der Waals surface area contributed by atoms with Crippen LogP contribution < -0.4 is 15.8 Å². The number of hydrogen-bond donors (Lipinski definition) is 0. The van der Waals surface area contributed by atoms with Gasteiger partial charge in [-0.25, -0.2) is 4.98 Å². The van der Waals surface area contributed by atoms with Crippen molar-refractivity contribution < 1.29 is 14.0 Å². The lowest BCUT2D eigenvalue weighted by atomic mass is 9.77. The molecule has 0 saturated carbocycles. The molecule has 0 unspecified atom stereocenters. The van der Waals surface area contributed by atoms with Crippen LogP contribution >= 0.6 is 0 Å². The summed E-state index contributed by atoms with van der Waals surface area (Å²) in [6, 6.07) is 3.50. The van der Waals surface area contributed by atoms with E-state index in [9.17, 15) is 4.79 Å². The molecule has 0 aliphatic carbocycles. The summed E-state index contributed by atoms with van der Waals surface area (Å²) >= 11 is 0. The Bertz CT molecular complexity index is 813. The molecule has 1 aliphatic rings. The summed E-state index contributed by atoms with van der Waals surface area (Å²) in [7, 11) is 2.66. The van der Waals surface area contributed by atoms with Crippen LogP contribution in [0.1, 0.15) is 27.7 Å². The van der Waals surface area contributed by atoms with Crippen molar-refractivity contribution >= 4 is 23.5 Å². The lowest BCUT2D eigenvalue weighted by Gasteiger charge is -2.32. The van der Waals surface area contributed by atoms with Gasteiger partial charge in [0.2, 0.25) is 0 Å². The number of benzene rings is 1. The van der Waals surface area contributed by atoms with E-state index in [1.807, 2.05) is 27.7 Å². The van der Waals surface area contributed by atoms with Crippen molar-refractivity contribution in [2.24, 2.45) is 7.05 Å². The van der Waals surface area contributed by atoms with Crippen LogP contribution in [0.15, 0.2) is 23.3 Å². The highest BCUT2D eigenvalue weighted by atomic mass is 16.7. The Kier molecular flexibility index (Phi) is 3.53. The summed E-state index contributed by atoms with van der Waals surface area (Å²) in [5, 5.41) is 0.514. The summed E-state index contributed by atoms with van der Waals surface area (Å²) in [6.07, 6.45) is 1.50. The molecule has 0 atom stereocenters. The van der Waals surface area contributed by atoms with E-state index in [4.69, 9.17) is 14.0 Å². The van der Waals surface area contributed by atoms with E-state index in [1.54, 1.807) is 26.3 Å². The van der Waals surface area contributed by atoms with Crippen LogP contribution in [-0.2, 0) is 16.4 Å². The summed E-state index contributed by atoms with van der Waals surface area (Å²) < 4.78 is 19.1. The van der Waals surface area contributed by atoms with E-state index >= 15 is 0 Å². The highest BCUT2D eigenvalue weighted by Crippen LogP contribution is 2.37. The van der Waals surface area contributed by atoms with E-state index < -0.39 is 18.3 Å². The summed E-state index contributed by atoms with van der Waals surface area (Å²) in [6.45, 7) is 7.95. The molecule has 2 heterocycles. The Hall–Kier alpha value is -1.86. The summed E-state index contributed by atoms with van der Waals surface area (Å²) in [5.41, 5.74) is 0.249. The highest BCUT2D eigenvalue weighted by Gasteiger charge is 2.52. The van der Waals surface area contributed by atoms with Crippen molar-refractivity contribution in [3.05, 3.63) is 28.8 Å². The fourth-order valence-electron chi connectivity index (χ4n) is 2.59. The smallest absolute Gasteiger partial charge is 0.497 e. The van der Waals surface area contributed by atoms with Crippen molar-refractivity contribution in [2.75, 3.05) is 7.11 Å². The predicted octanol–water partition coefficient (Wildman–Crippen LogP) is 1.24. The summed E-state index contributed by atoms with van der Waals surface area (Å²) in [4.78, 5) is 16.6. The van der Waals surface area contributed by atoms with Gasteiger partial charge < -0.3 is 18.6 Å². The SMILES string of the molecule is COc1cc2ncn(C)c(=O)c2cc1B1OC(C)(C)C(C)(C)O1. The van der Waals surface area contributed by atoms with Crippen LogP contribution in [-0.4, -0.2) is 35.0 Å². The second-order valence-electron chi connectivity index (χ2n) is 6.86. The van der Waals surface area contributed by atoms with Gasteiger partial charge in [0.1, 0.15) is 5.75 Å². The number of nitrogens with zero attached hydrogens (tertiary/aromatic N) is 2. The normalized spacial score (nSPS) is 19.3. The lowest BCUT2D eigenvalue weighted by molar-refractivity contribution is 0.00578. The fourth-order valence-corrected chi connectivity index (χ4v) is 2.59. The highest BCUT2D eigenvalue weighted by molar-refractivity contribution is 6.63. The Balaban J connectivity index is 2.18. The van der Waals surface area contributed by atoms with Crippen LogP contribution in [0.25, 0.3) is 10.9 Å². The first-order valence-electron chi connectivity index (χ1n) is 7.55. The van der Waals surface area contributed by atoms with Gasteiger partial charge in [-0.1, -0.05) is 0 Å². The molecule has 1 saturated heterocycles. The number of fused-ring (bicyclic) bond motifs is 1. The Morgan fingerprint density at radius 3 is 2.35 bits per heavy atom. The van der Waals surface area contributed by atoms with Gasteiger partial charge in [-0.15, -0.1) is 0 Å². The Labute approximate surface area is 135 Å². The van der Waals surface area contributed by atoms with E-state index in [1.165, 1.54) is 10.9 Å². The maximum absolute atomic E-state index is 12.4. The molecule has 3 rings (SSSR count). The molecule has 0 radical (unpaired) electrons. The standard InChI is InChI=1S/C16H21BN2O4/c1-15(2)16(3,4)23-17(22-15)11-7-10-12(8-13(11)21-6)18-9-19(5)14(10)20/h7-9H,1-6H3. The third-order valence-electron chi connectivity index (χ3n) is 4.78. The van der Waals surface area contributed by atoms with Crippen molar-refractivity contribution in [1.29, 1.82) is 0 Å². The zero-order valence-electron chi connectivity index (χ0n) is 14.3. The van der Waals surface area contributed by atoms with Crippen LogP contribution in [0.5, 0.6) is 5.75 Å². The Morgan fingerprint density at radius 2 is 1.78 bits per heavy atom. The molecule has 23 heavy (non-hydrogen) atoms. The number of rotatable bonds is 2. The molecule has 0 spiro atoms.